The van der Waals surface area contributed by atoms with Crippen molar-refractivity contribution in [2.45, 2.75) is 19.4 Å². The Bertz CT molecular complexity index is 450. The molecule has 96 valence electrons. The van der Waals surface area contributed by atoms with Crippen LogP contribution in [-0.4, -0.2) is 29.6 Å². The summed E-state index contributed by atoms with van der Waals surface area (Å²) >= 11 is 0. The molecule has 0 amide bonds. The quantitative estimate of drug-likeness (QED) is 0.783. The molecular weight excluding hydrogens is 226 g/mol. The molecule has 0 bridgehead atoms. The first kappa shape index (κ1) is 12.8. The molecule has 0 aromatic heterocycles. The second-order valence-corrected chi connectivity index (χ2v) is 5.01. The number of rotatable bonds is 6. The minimum absolute atomic E-state index is 0.872. The summed E-state index contributed by atoms with van der Waals surface area (Å²) in [5.74, 6) is -0.0344. The Morgan fingerprint density at radius 3 is 2.83 bits per heavy atom. The summed E-state index contributed by atoms with van der Waals surface area (Å²) in [6, 6.07) is 7.95. The van der Waals surface area contributed by atoms with Gasteiger partial charge in [-0.25, -0.2) is 4.79 Å². The van der Waals surface area contributed by atoms with Gasteiger partial charge in [-0.1, -0.05) is 24.3 Å². The van der Waals surface area contributed by atoms with Gasteiger partial charge >= 0.3 is 5.97 Å². The zero-order valence-corrected chi connectivity index (χ0v) is 10.7. The lowest BCUT2D eigenvalue weighted by molar-refractivity contribution is -0.131. The van der Waals surface area contributed by atoms with Crippen LogP contribution in [0.3, 0.4) is 0 Å². The normalized spacial score (nSPS) is 15.4. The Kier molecular flexibility index (Phi) is 4.15. The van der Waals surface area contributed by atoms with Crippen LogP contribution in [0.1, 0.15) is 24.0 Å². The zero-order chi connectivity index (χ0) is 13.0. The Morgan fingerprint density at radius 1 is 1.44 bits per heavy atom. The van der Waals surface area contributed by atoms with Crippen LogP contribution in [-0.2, 0) is 11.3 Å². The van der Waals surface area contributed by atoms with E-state index in [9.17, 15) is 4.79 Å². The van der Waals surface area contributed by atoms with E-state index < -0.39 is 5.97 Å². The Hall–Kier alpha value is -1.61. The van der Waals surface area contributed by atoms with Gasteiger partial charge < -0.3 is 10.0 Å². The maximum absolute atomic E-state index is 10.6. The van der Waals surface area contributed by atoms with Gasteiger partial charge in [0.05, 0.1) is 0 Å². The second kappa shape index (κ2) is 5.83. The number of carboxylic acids is 1. The minimum atomic E-state index is -0.906. The average Bonchev–Trinajstić information content (AvgIpc) is 3.11. The number of carboxylic acid groups (broad SMARTS) is 1. The van der Waals surface area contributed by atoms with Crippen LogP contribution in [0.15, 0.2) is 30.3 Å². The fourth-order valence-electron chi connectivity index (χ4n) is 2.10. The standard InChI is InChI=1S/C15H19NO2/c1-16(10-12-6-7-12)11-14-5-3-2-4-13(14)8-9-15(17)18/h2-5,8-9,12H,6-7,10-11H2,1H3,(H,17,18). The van der Waals surface area contributed by atoms with Crippen molar-refractivity contribution in [3.8, 4) is 0 Å². The van der Waals surface area contributed by atoms with Crippen LogP contribution in [0.25, 0.3) is 6.08 Å². The lowest BCUT2D eigenvalue weighted by Gasteiger charge is -2.17. The molecule has 3 nitrogen and oxygen atoms in total. The zero-order valence-electron chi connectivity index (χ0n) is 10.7. The second-order valence-electron chi connectivity index (χ2n) is 5.01. The highest BCUT2D eigenvalue weighted by molar-refractivity contribution is 5.85. The van der Waals surface area contributed by atoms with Crippen molar-refractivity contribution in [1.82, 2.24) is 4.90 Å². The van der Waals surface area contributed by atoms with Gasteiger partial charge in [-0.3, -0.25) is 0 Å². The first-order valence-corrected chi connectivity index (χ1v) is 6.32. The Balaban J connectivity index is 2.03. The van der Waals surface area contributed by atoms with E-state index in [0.29, 0.717) is 0 Å². The van der Waals surface area contributed by atoms with Gasteiger partial charge in [-0.05, 0) is 43.0 Å². The Morgan fingerprint density at radius 2 is 2.17 bits per heavy atom. The molecule has 0 saturated heterocycles. The lowest BCUT2D eigenvalue weighted by Crippen LogP contribution is -2.20. The van der Waals surface area contributed by atoms with Crippen LogP contribution in [0.2, 0.25) is 0 Å². The molecule has 3 heteroatoms. The predicted octanol–water partition coefficient (Wildman–Crippen LogP) is 2.63. The van der Waals surface area contributed by atoms with E-state index >= 15 is 0 Å². The molecule has 1 aliphatic carbocycles. The van der Waals surface area contributed by atoms with Crippen molar-refractivity contribution < 1.29 is 9.90 Å². The molecule has 18 heavy (non-hydrogen) atoms. The van der Waals surface area contributed by atoms with Crippen molar-refractivity contribution in [3.63, 3.8) is 0 Å². The monoisotopic (exact) mass is 245 g/mol. The molecule has 1 N–H and O–H groups in total. The predicted molar refractivity (Wildman–Crippen MR) is 72.2 cm³/mol. The molecule has 0 atom stereocenters. The molecule has 1 fully saturated rings. The van der Waals surface area contributed by atoms with Gasteiger partial charge in [0.25, 0.3) is 0 Å². The van der Waals surface area contributed by atoms with Crippen molar-refractivity contribution in [3.05, 3.63) is 41.5 Å². The molecular formula is C15H19NO2. The minimum Gasteiger partial charge on any atom is -0.478 e. The van der Waals surface area contributed by atoms with Crippen LogP contribution in [0, 0.1) is 5.92 Å². The van der Waals surface area contributed by atoms with Crippen LogP contribution < -0.4 is 0 Å². The first-order valence-electron chi connectivity index (χ1n) is 6.32. The topological polar surface area (TPSA) is 40.5 Å². The van der Waals surface area contributed by atoms with E-state index in [-0.39, 0.29) is 0 Å². The van der Waals surface area contributed by atoms with E-state index in [2.05, 4.69) is 18.0 Å². The summed E-state index contributed by atoms with van der Waals surface area (Å²) in [4.78, 5) is 12.9. The molecule has 1 aliphatic rings. The summed E-state index contributed by atoms with van der Waals surface area (Å²) in [6.45, 7) is 2.01. The number of carbonyl (C=O) groups is 1. The van der Waals surface area contributed by atoms with Gasteiger partial charge in [0.15, 0.2) is 0 Å². The van der Waals surface area contributed by atoms with E-state index in [0.717, 1.165) is 24.6 Å². The van der Waals surface area contributed by atoms with E-state index in [1.54, 1.807) is 6.08 Å². The molecule has 2 rings (SSSR count). The fraction of sp³-hybridized carbons (Fsp3) is 0.400. The highest BCUT2D eigenvalue weighted by atomic mass is 16.4. The van der Waals surface area contributed by atoms with Crippen LogP contribution in [0.5, 0.6) is 0 Å². The van der Waals surface area contributed by atoms with Gasteiger partial charge in [0, 0.05) is 19.2 Å². The Labute approximate surface area is 108 Å². The third-order valence-electron chi connectivity index (χ3n) is 3.17. The van der Waals surface area contributed by atoms with Crippen LogP contribution >= 0.6 is 0 Å². The highest BCUT2D eigenvalue weighted by Crippen LogP contribution is 2.29. The van der Waals surface area contributed by atoms with Crippen molar-refractivity contribution in [1.29, 1.82) is 0 Å². The molecule has 1 aromatic rings. The largest absolute Gasteiger partial charge is 0.478 e. The van der Waals surface area contributed by atoms with Gasteiger partial charge in [0.2, 0.25) is 0 Å². The number of aliphatic carboxylic acids is 1. The summed E-state index contributed by atoms with van der Waals surface area (Å²) in [5, 5.41) is 8.68. The van der Waals surface area contributed by atoms with Crippen molar-refractivity contribution in [2.75, 3.05) is 13.6 Å². The average molecular weight is 245 g/mol. The van der Waals surface area contributed by atoms with Crippen molar-refractivity contribution in [2.24, 2.45) is 5.92 Å². The molecule has 0 heterocycles. The van der Waals surface area contributed by atoms with Crippen molar-refractivity contribution >= 4 is 12.0 Å². The summed E-state index contributed by atoms with van der Waals surface area (Å²) in [7, 11) is 2.12. The van der Waals surface area contributed by atoms with Crippen LogP contribution in [0.4, 0.5) is 0 Å². The molecule has 0 spiro atoms. The molecule has 0 radical (unpaired) electrons. The molecule has 0 unspecified atom stereocenters. The lowest BCUT2D eigenvalue weighted by atomic mass is 10.1. The van der Waals surface area contributed by atoms with Gasteiger partial charge in [-0.15, -0.1) is 0 Å². The number of hydrogen-bond donors (Lipinski definition) is 1. The summed E-state index contributed by atoms with van der Waals surface area (Å²) in [6.07, 6.45) is 5.57. The van der Waals surface area contributed by atoms with E-state index in [4.69, 9.17) is 5.11 Å². The molecule has 1 aromatic carbocycles. The fourth-order valence-corrected chi connectivity index (χ4v) is 2.10. The SMILES string of the molecule is CN(Cc1ccccc1C=CC(=O)O)CC1CC1. The van der Waals surface area contributed by atoms with E-state index in [1.807, 2.05) is 18.2 Å². The summed E-state index contributed by atoms with van der Waals surface area (Å²) < 4.78 is 0. The number of benzene rings is 1. The molecule has 0 aliphatic heterocycles. The summed E-state index contributed by atoms with van der Waals surface area (Å²) in [5.41, 5.74) is 2.17. The maximum Gasteiger partial charge on any atom is 0.328 e. The van der Waals surface area contributed by atoms with Gasteiger partial charge in [-0.2, -0.15) is 0 Å². The first-order chi connectivity index (χ1) is 8.65. The van der Waals surface area contributed by atoms with Gasteiger partial charge in [0.1, 0.15) is 0 Å². The van der Waals surface area contributed by atoms with E-state index in [1.165, 1.54) is 24.5 Å². The molecule has 1 saturated carbocycles. The smallest absolute Gasteiger partial charge is 0.328 e. The highest BCUT2D eigenvalue weighted by Gasteiger charge is 2.22. The number of hydrogen-bond acceptors (Lipinski definition) is 2. The number of nitrogens with zero attached hydrogens (tertiary/aromatic N) is 1. The third kappa shape index (κ3) is 4.00. The maximum atomic E-state index is 10.6. The third-order valence-corrected chi connectivity index (χ3v) is 3.17.